The first-order valence-corrected chi connectivity index (χ1v) is 9.08. The summed E-state index contributed by atoms with van der Waals surface area (Å²) in [7, 11) is 1.59. The Kier molecular flexibility index (Phi) is 6.00. The van der Waals surface area contributed by atoms with Crippen LogP contribution < -0.4 is 14.4 Å². The maximum absolute atomic E-state index is 12.4. The fourth-order valence-corrected chi connectivity index (χ4v) is 3.13. The van der Waals surface area contributed by atoms with Crippen LogP contribution in [0, 0.1) is 0 Å². The Morgan fingerprint density at radius 2 is 1.62 bits per heavy atom. The minimum absolute atomic E-state index is 0.0110. The van der Waals surface area contributed by atoms with Crippen LogP contribution in [0.15, 0.2) is 48.5 Å². The smallest absolute Gasteiger partial charge is 0.260 e. The van der Waals surface area contributed by atoms with Crippen molar-refractivity contribution in [3.63, 3.8) is 0 Å². The number of methoxy groups -OCH3 is 1. The molecule has 1 aliphatic heterocycles. The zero-order valence-corrected chi connectivity index (χ0v) is 15.5. The molecule has 1 heterocycles. The molecule has 3 rings (SSSR count). The van der Waals surface area contributed by atoms with E-state index in [4.69, 9.17) is 9.47 Å². The lowest BCUT2D eigenvalue weighted by Gasteiger charge is -2.36. The second-order valence-corrected chi connectivity index (χ2v) is 6.33. The summed E-state index contributed by atoms with van der Waals surface area (Å²) >= 11 is 0. The monoisotopic (exact) mass is 354 g/mol. The first-order valence-electron chi connectivity index (χ1n) is 9.08. The predicted octanol–water partition coefficient (Wildman–Crippen LogP) is 2.99. The molecule has 0 saturated carbocycles. The van der Waals surface area contributed by atoms with Gasteiger partial charge in [0.15, 0.2) is 18.1 Å². The van der Waals surface area contributed by atoms with E-state index in [-0.39, 0.29) is 12.5 Å². The molecule has 0 radical (unpaired) electrons. The van der Waals surface area contributed by atoms with Crippen molar-refractivity contribution in [3.05, 3.63) is 54.1 Å². The predicted molar refractivity (Wildman–Crippen MR) is 103 cm³/mol. The van der Waals surface area contributed by atoms with Crippen LogP contribution in [0.1, 0.15) is 12.5 Å². The van der Waals surface area contributed by atoms with Gasteiger partial charge in [0.1, 0.15) is 0 Å². The molecule has 0 aromatic heterocycles. The minimum Gasteiger partial charge on any atom is -0.493 e. The highest BCUT2D eigenvalue weighted by Gasteiger charge is 2.22. The fraction of sp³-hybridized carbons (Fsp3) is 0.381. The highest BCUT2D eigenvalue weighted by molar-refractivity contribution is 5.78. The van der Waals surface area contributed by atoms with E-state index in [1.54, 1.807) is 7.11 Å². The van der Waals surface area contributed by atoms with Crippen LogP contribution in [0.2, 0.25) is 0 Å². The van der Waals surface area contributed by atoms with Gasteiger partial charge in [-0.2, -0.15) is 0 Å². The van der Waals surface area contributed by atoms with Gasteiger partial charge in [0, 0.05) is 31.9 Å². The van der Waals surface area contributed by atoms with E-state index in [9.17, 15) is 4.79 Å². The van der Waals surface area contributed by atoms with Gasteiger partial charge in [-0.1, -0.05) is 31.2 Å². The van der Waals surface area contributed by atoms with Crippen molar-refractivity contribution in [2.75, 3.05) is 44.8 Å². The maximum atomic E-state index is 12.4. The highest BCUT2D eigenvalue weighted by atomic mass is 16.5. The largest absolute Gasteiger partial charge is 0.493 e. The van der Waals surface area contributed by atoms with Gasteiger partial charge in [-0.15, -0.1) is 0 Å². The van der Waals surface area contributed by atoms with Crippen molar-refractivity contribution in [1.29, 1.82) is 0 Å². The first-order chi connectivity index (χ1) is 12.7. The quantitative estimate of drug-likeness (QED) is 0.800. The van der Waals surface area contributed by atoms with Crippen molar-refractivity contribution in [3.8, 4) is 11.5 Å². The number of ether oxygens (including phenoxy) is 2. The molecule has 138 valence electrons. The number of benzene rings is 2. The van der Waals surface area contributed by atoms with Crippen molar-refractivity contribution in [2.24, 2.45) is 0 Å². The number of hydrogen-bond donors (Lipinski definition) is 0. The third-order valence-corrected chi connectivity index (χ3v) is 4.76. The third-order valence-electron chi connectivity index (χ3n) is 4.76. The molecule has 1 amide bonds. The molecule has 5 heteroatoms. The Hall–Kier alpha value is -2.69. The van der Waals surface area contributed by atoms with Crippen molar-refractivity contribution in [1.82, 2.24) is 4.90 Å². The molecule has 2 aromatic rings. The Morgan fingerprint density at radius 1 is 0.962 bits per heavy atom. The van der Waals surface area contributed by atoms with Gasteiger partial charge in [0.2, 0.25) is 0 Å². The molecule has 5 nitrogen and oxygen atoms in total. The second kappa shape index (κ2) is 8.61. The van der Waals surface area contributed by atoms with Crippen LogP contribution in [0.4, 0.5) is 5.69 Å². The zero-order chi connectivity index (χ0) is 18.4. The number of anilines is 1. The molecule has 1 saturated heterocycles. The number of carbonyl (C=O) groups is 1. The van der Waals surface area contributed by atoms with Gasteiger partial charge < -0.3 is 19.3 Å². The number of rotatable bonds is 6. The summed E-state index contributed by atoms with van der Waals surface area (Å²) < 4.78 is 10.9. The lowest BCUT2D eigenvalue weighted by Crippen LogP contribution is -2.50. The van der Waals surface area contributed by atoms with Gasteiger partial charge in [-0.3, -0.25) is 4.79 Å². The Labute approximate surface area is 155 Å². The van der Waals surface area contributed by atoms with Crippen LogP contribution in [-0.4, -0.2) is 50.7 Å². The van der Waals surface area contributed by atoms with Crippen molar-refractivity contribution in [2.45, 2.75) is 13.3 Å². The molecular formula is C21H26N2O3. The van der Waals surface area contributed by atoms with Crippen LogP contribution in [0.5, 0.6) is 11.5 Å². The summed E-state index contributed by atoms with van der Waals surface area (Å²) in [4.78, 5) is 16.6. The average molecular weight is 354 g/mol. The molecule has 0 aliphatic carbocycles. The minimum atomic E-state index is 0.0110. The Balaban J connectivity index is 1.50. The Bertz CT molecular complexity index is 722. The van der Waals surface area contributed by atoms with Crippen LogP contribution in [0.3, 0.4) is 0 Å². The molecule has 0 N–H and O–H groups in total. The van der Waals surface area contributed by atoms with E-state index in [0.29, 0.717) is 24.6 Å². The van der Waals surface area contributed by atoms with Crippen LogP contribution in [0.25, 0.3) is 0 Å². The van der Waals surface area contributed by atoms with E-state index in [0.717, 1.165) is 19.5 Å². The molecule has 0 unspecified atom stereocenters. The van der Waals surface area contributed by atoms with E-state index in [1.807, 2.05) is 29.2 Å². The van der Waals surface area contributed by atoms with Gasteiger partial charge in [0.25, 0.3) is 5.91 Å². The van der Waals surface area contributed by atoms with Crippen LogP contribution >= 0.6 is 0 Å². The van der Waals surface area contributed by atoms with E-state index >= 15 is 0 Å². The number of piperazine rings is 1. The van der Waals surface area contributed by atoms with Gasteiger partial charge in [0.05, 0.1) is 7.11 Å². The van der Waals surface area contributed by atoms with Gasteiger partial charge in [-0.25, -0.2) is 0 Å². The number of amides is 1. The normalized spacial score (nSPS) is 14.2. The average Bonchev–Trinajstić information content (AvgIpc) is 2.72. The second-order valence-electron chi connectivity index (χ2n) is 6.33. The Morgan fingerprint density at radius 3 is 2.23 bits per heavy atom. The lowest BCUT2D eigenvalue weighted by molar-refractivity contribution is -0.133. The summed E-state index contributed by atoms with van der Waals surface area (Å²) in [6.45, 7) is 5.29. The zero-order valence-electron chi connectivity index (χ0n) is 15.5. The van der Waals surface area contributed by atoms with Crippen LogP contribution in [-0.2, 0) is 11.2 Å². The number of aryl methyl sites for hydroxylation is 1. The van der Waals surface area contributed by atoms with Crippen molar-refractivity contribution < 1.29 is 14.3 Å². The number of carbonyl (C=O) groups excluding carboxylic acids is 1. The third kappa shape index (κ3) is 4.28. The molecule has 1 fully saturated rings. The first kappa shape index (κ1) is 18.1. The highest BCUT2D eigenvalue weighted by Crippen LogP contribution is 2.25. The number of nitrogens with zero attached hydrogens (tertiary/aromatic N) is 2. The summed E-state index contributed by atoms with van der Waals surface area (Å²) in [6.07, 6.45) is 1.05. The molecule has 26 heavy (non-hydrogen) atoms. The standard InChI is InChI=1S/C21H26N2O3/c1-3-17-8-10-18(11-9-17)22-12-14-23(15-13-22)21(24)16-26-20-7-5-4-6-19(20)25-2/h4-11H,3,12-16H2,1-2H3. The van der Waals surface area contributed by atoms with Gasteiger partial charge in [-0.05, 0) is 36.2 Å². The molecule has 1 aliphatic rings. The molecule has 0 atom stereocenters. The summed E-state index contributed by atoms with van der Waals surface area (Å²) in [5.74, 6) is 1.25. The van der Waals surface area contributed by atoms with E-state index in [1.165, 1.54) is 11.3 Å². The SMILES string of the molecule is CCc1ccc(N2CCN(C(=O)COc3ccccc3OC)CC2)cc1. The summed E-state index contributed by atoms with van der Waals surface area (Å²) in [5.41, 5.74) is 2.57. The number of hydrogen-bond acceptors (Lipinski definition) is 4. The number of para-hydroxylation sites is 2. The van der Waals surface area contributed by atoms with Gasteiger partial charge >= 0.3 is 0 Å². The lowest BCUT2D eigenvalue weighted by atomic mass is 10.1. The van der Waals surface area contributed by atoms with E-state index < -0.39 is 0 Å². The molecular weight excluding hydrogens is 328 g/mol. The molecule has 2 aromatic carbocycles. The maximum Gasteiger partial charge on any atom is 0.260 e. The topological polar surface area (TPSA) is 42.0 Å². The molecule has 0 spiro atoms. The van der Waals surface area contributed by atoms with E-state index in [2.05, 4.69) is 36.1 Å². The fourth-order valence-electron chi connectivity index (χ4n) is 3.13. The summed E-state index contributed by atoms with van der Waals surface area (Å²) in [6, 6.07) is 16.1. The molecule has 0 bridgehead atoms. The summed E-state index contributed by atoms with van der Waals surface area (Å²) in [5, 5.41) is 0. The van der Waals surface area contributed by atoms with Crippen molar-refractivity contribution >= 4 is 11.6 Å².